The van der Waals surface area contributed by atoms with E-state index in [9.17, 15) is 4.79 Å². The van der Waals surface area contributed by atoms with Gasteiger partial charge in [0.05, 0.1) is 4.88 Å². The number of rotatable bonds is 6. The molecule has 2 aromatic heterocycles. The molecule has 4 nitrogen and oxygen atoms in total. The van der Waals surface area contributed by atoms with Gasteiger partial charge >= 0.3 is 0 Å². The Morgan fingerprint density at radius 1 is 1.45 bits per heavy atom. The average molecular weight is 309 g/mol. The third-order valence-electron chi connectivity index (χ3n) is 3.18. The van der Waals surface area contributed by atoms with Gasteiger partial charge in [-0.15, -0.1) is 22.7 Å². The fraction of sp³-hybridized carbons (Fsp3) is 0.357. The Morgan fingerprint density at radius 3 is 2.85 bits per heavy atom. The lowest BCUT2D eigenvalue weighted by Gasteiger charge is -2.19. The first kappa shape index (κ1) is 15.2. The summed E-state index contributed by atoms with van der Waals surface area (Å²) >= 11 is 3.27. The van der Waals surface area contributed by atoms with Crippen molar-refractivity contribution in [2.75, 3.05) is 6.54 Å². The van der Waals surface area contributed by atoms with Gasteiger partial charge in [0.15, 0.2) is 0 Å². The van der Waals surface area contributed by atoms with Crippen molar-refractivity contribution in [2.45, 2.75) is 26.9 Å². The summed E-state index contributed by atoms with van der Waals surface area (Å²) in [5.74, 6) is 4.96. The number of amides is 1. The van der Waals surface area contributed by atoms with E-state index < -0.39 is 0 Å². The average Bonchev–Trinajstić information content (AvgIpc) is 3.07. The van der Waals surface area contributed by atoms with Gasteiger partial charge in [-0.05, 0) is 36.5 Å². The Balaban J connectivity index is 2.07. The summed E-state index contributed by atoms with van der Waals surface area (Å²) in [6, 6.07) is 6.17. The van der Waals surface area contributed by atoms with E-state index in [0.717, 1.165) is 19.6 Å². The maximum absolute atomic E-state index is 11.6. The van der Waals surface area contributed by atoms with Crippen molar-refractivity contribution in [3.63, 3.8) is 0 Å². The zero-order valence-electron chi connectivity index (χ0n) is 11.7. The van der Waals surface area contributed by atoms with Crippen LogP contribution in [-0.2, 0) is 13.1 Å². The van der Waals surface area contributed by atoms with Crippen LogP contribution in [0.3, 0.4) is 0 Å². The van der Waals surface area contributed by atoms with Crippen molar-refractivity contribution in [2.24, 2.45) is 5.84 Å². The van der Waals surface area contributed by atoms with Gasteiger partial charge in [0.1, 0.15) is 0 Å². The number of nitrogens with one attached hydrogen (secondary N) is 1. The minimum absolute atomic E-state index is 0.217. The Bertz CT molecular complexity index is 563. The largest absolute Gasteiger partial charge is 0.294 e. The molecule has 0 bridgehead atoms. The summed E-state index contributed by atoms with van der Waals surface area (Å²) in [4.78, 5) is 17.1. The number of aryl methyl sites for hydroxylation is 1. The van der Waals surface area contributed by atoms with E-state index in [1.807, 2.05) is 13.0 Å². The van der Waals surface area contributed by atoms with E-state index in [0.29, 0.717) is 4.88 Å². The van der Waals surface area contributed by atoms with Crippen molar-refractivity contribution in [1.29, 1.82) is 0 Å². The molecule has 20 heavy (non-hydrogen) atoms. The molecule has 0 saturated carbocycles. The van der Waals surface area contributed by atoms with Crippen LogP contribution in [0.1, 0.15) is 31.9 Å². The van der Waals surface area contributed by atoms with E-state index in [2.05, 4.69) is 34.8 Å². The molecule has 2 aromatic rings. The molecule has 0 atom stereocenters. The summed E-state index contributed by atoms with van der Waals surface area (Å²) in [5, 5.41) is 2.10. The molecule has 1 amide bonds. The van der Waals surface area contributed by atoms with Crippen LogP contribution in [0.15, 0.2) is 23.6 Å². The predicted molar refractivity (Wildman–Crippen MR) is 84.8 cm³/mol. The van der Waals surface area contributed by atoms with Crippen LogP contribution >= 0.6 is 22.7 Å². The van der Waals surface area contributed by atoms with E-state index in [1.165, 1.54) is 26.7 Å². The zero-order chi connectivity index (χ0) is 14.5. The van der Waals surface area contributed by atoms with Crippen LogP contribution in [0.25, 0.3) is 0 Å². The van der Waals surface area contributed by atoms with E-state index in [4.69, 9.17) is 5.84 Å². The minimum Gasteiger partial charge on any atom is -0.294 e. The molecular weight excluding hydrogens is 290 g/mol. The maximum Gasteiger partial charge on any atom is 0.275 e. The fourth-order valence-corrected chi connectivity index (χ4v) is 3.69. The molecule has 0 aliphatic rings. The molecule has 0 fully saturated rings. The number of carbonyl (C=O) groups excluding carboxylic acids is 1. The SMILES string of the molecule is CCN(Cc1cccs1)Cc1cc(C(=O)NN)sc1C. The lowest BCUT2D eigenvalue weighted by atomic mass is 10.2. The Morgan fingerprint density at radius 2 is 2.25 bits per heavy atom. The first-order valence-electron chi connectivity index (χ1n) is 6.49. The standard InChI is InChI=1S/C14H19N3OS2/c1-3-17(9-12-5-4-6-19-12)8-11-7-13(14(18)16-15)20-10(11)2/h4-7H,3,8-9,15H2,1-2H3,(H,16,18). The van der Waals surface area contributed by atoms with Crippen molar-refractivity contribution in [3.05, 3.63) is 43.8 Å². The zero-order valence-corrected chi connectivity index (χ0v) is 13.3. The lowest BCUT2D eigenvalue weighted by molar-refractivity contribution is 0.0957. The summed E-state index contributed by atoms with van der Waals surface area (Å²) in [7, 11) is 0. The molecule has 2 heterocycles. The van der Waals surface area contributed by atoms with Crippen molar-refractivity contribution < 1.29 is 4.79 Å². The Kier molecular flexibility index (Phi) is 5.31. The van der Waals surface area contributed by atoms with Crippen LogP contribution in [0.5, 0.6) is 0 Å². The number of thiophene rings is 2. The molecule has 0 radical (unpaired) electrons. The second-order valence-electron chi connectivity index (χ2n) is 4.55. The van der Waals surface area contributed by atoms with Crippen molar-refractivity contribution >= 4 is 28.6 Å². The second-order valence-corrected chi connectivity index (χ2v) is 6.84. The van der Waals surface area contributed by atoms with Crippen molar-refractivity contribution in [1.82, 2.24) is 10.3 Å². The quantitative estimate of drug-likeness (QED) is 0.490. The lowest BCUT2D eigenvalue weighted by Crippen LogP contribution is -2.29. The van der Waals surface area contributed by atoms with Crippen molar-refractivity contribution in [3.8, 4) is 0 Å². The molecule has 0 aliphatic carbocycles. The van der Waals surface area contributed by atoms with Gasteiger partial charge in [-0.3, -0.25) is 15.1 Å². The monoisotopic (exact) mass is 309 g/mol. The highest BCUT2D eigenvalue weighted by molar-refractivity contribution is 7.14. The highest BCUT2D eigenvalue weighted by atomic mass is 32.1. The molecule has 0 aliphatic heterocycles. The second kappa shape index (κ2) is 6.99. The number of nitrogen functional groups attached to an aromatic ring is 1. The maximum atomic E-state index is 11.6. The van der Waals surface area contributed by atoms with Gasteiger partial charge in [0, 0.05) is 22.8 Å². The molecule has 2 rings (SSSR count). The summed E-state index contributed by atoms with van der Waals surface area (Å²) in [6.07, 6.45) is 0. The Hall–Kier alpha value is -1.21. The molecular formula is C14H19N3OS2. The van der Waals surface area contributed by atoms with Crippen LogP contribution in [-0.4, -0.2) is 17.4 Å². The van der Waals surface area contributed by atoms with E-state index in [-0.39, 0.29) is 5.91 Å². The number of hydrogen-bond acceptors (Lipinski definition) is 5. The molecule has 6 heteroatoms. The number of hydrogen-bond donors (Lipinski definition) is 2. The minimum atomic E-state index is -0.217. The van der Waals surface area contributed by atoms with E-state index in [1.54, 1.807) is 11.3 Å². The highest BCUT2D eigenvalue weighted by Crippen LogP contribution is 2.24. The van der Waals surface area contributed by atoms with Gasteiger partial charge < -0.3 is 0 Å². The van der Waals surface area contributed by atoms with Crippen LogP contribution in [0, 0.1) is 6.92 Å². The normalized spacial score (nSPS) is 11.0. The fourth-order valence-electron chi connectivity index (χ4n) is 2.00. The summed E-state index contributed by atoms with van der Waals surface area (Å²) < 4.78 is 0. The molecule has 0 unspecified atom stereocenters. The van der Waals surface area contributed by atoms with Gasteiger partial charge in [-0.1, -0.05) is 13.0 Å². The van der Waals surface area contributed by atoms with Gasteiger partial charge in [-0.2, -0.15) is 0 Å². The van der Waals surface area contributed by atoms with Gasteiger partial charge in [-0.25, -0.2) is 5.84 Å². The first-order valence-corrected chi connectivity index (χ1v) is 8.18. The summed E-state index contributed by atoms with van der Waals surface area (Å²) in [5.41, 5.74) is 3.39. The number of carbonyl (C=O) groups is 1. The first-order chi connectivity index (χ1) is 9.63. The highest BCUT2D eigenvalue weighted by Gasteiger charge is 2.14. The smallest absolute Gasteiger partial charge is 0.275 e. The Labute approximate surface area is 127 Å². The van der Waals surface area contributed by atoms with Crippen LogP contribution in [0.4, 0.5) is 0 Å². The van der Waals surface area contributed by atoms with Gasteiger partial charge in [0.25, 0.3) is 5.91 Å². The number of hydrazine groups is 1. The molecule has 0 aromatic carbocycles. The number of nitrogens with two attached hydrogens (primary N) is 1. The van der Waals surface area contributed by atoms with Crippen LogP contribution in [0.2, 0.25) is 0 Å². The molecule has 0 spiro atoms. The molecule has 108 valence electrons. The van der Waals surface area contributed by atoms with Gasteiger partial charge in [0.2, 0.25) is 0 Å². The van der Waals surface area contributed by atoms with Crippen LogP contribution < -0.4 is 11.3 Å². The third kappa shape index (κ3) is 3.67. The van der Waals surface area contributed by atoms with E-state index >= 15 is 0 Å². The topological polar surface area (TPSA) is 58.4 Å². The third-order valence-corrected chi connectivity index (χ3v) is 5.13. The molecule has 0 saturated heterocycles. The summed E-state index contributed by atoms with van der Waals surface area (Å²) in [6.45, 7) is 6.98. The number of nitrogens with zero attached hydrogens (tertiary/aromatic N) is 1. The predicted octanol–water partition coefficient (Wildman–Crippen LogP) is 2.74. The molecule has 3 N–H and O–H groups in total.